The molecule has 0 aliphatic heterocycles. The zero-order valence-corrected chi connectivity index (χ0v) is 21.3. The van der Waals surface area contributed by atoms with Crippen molar-refractivity contribution in [1.29, 1.82) is 0 Å². The Bertz CT molecular complexity index is 810. The van der Waals surface area contributed by atoms with Crippen LogP contribution in [0.3, 0.4) is 0 Å². The molecule has 166 valence electrons. The summed E-state index contributed by atoms with van der Waals surface area (Å²) in [4.78, 5) is 0. The summed E-state index contributed by atoms with van der Waals surface area (Å²) >= 11 is 0. The molecule has 0 atom stereocenters. The van der Waals surface area contributed by atoms with E-state index in [0.717, 1.165) is 12.8 Å². The average molecular weight is 407 g/mol. The van der Waals surface area contributed by atoms with Gasteiger partial charge in [0.1, 0.15) is 0 Å². The lowest BCUT2D eigenvalue weighted by Gasteiger charge is -2.35. The molecule has 0 aliphatic rings. The molecule has 0 saturated heterocycles. The van der Waals surface area contributed by atoms with Crippen molar-refractivity contribution in [2.45, 2.75) is 113 Å². The molecule has 0 nitrogen and oxygen atoms in total. The molecule has 0 heteroatoms. The van der Waals surface area contributed by atoms with Gasteiger partial charge in [-0.15, -0.1) is 0 Å². The van der Waals surface area contributed by atoms with Crippen molar-refractivity contribution in [3.63, 3.8) is 0 Å². The maximum absolute atomic E-state index is 2.43. The minimum Gasteiger partial charge on any atom is -0.0654 e. The number of rotatable bonds is 8. The van der Waals surface area contributed by atoms with Gasteiger partial charge >= 0.3 is 0 Å². The molecular weight excluding hydrogens is 360 g/mol. The lowest BCUT2D eigenvalue weighted by molar-refractivity contribution is 0.405. The van der Waals surface area contributed by atoms with E-state index in [9.17, 15) is 0 Å². The van der Waals surface area contributed by atoms with E-state index in [4.69, 9.17) is 0 Å². The molecule has 0 radical (unpaired) electrons. The second kappa shape index (κ2) is 10.2. The summed E-state index contributed by atoms with van der Waals surface area (Å²) in [5, 5.41) is 0. The fraction of sp³-hybridized carbons (Fsp3) is 0.600. The number of hydrogen-bond donors (Lipinski definition) is 0. The first-order valence-corrected chi connectivity index (χ1v) is 12.3. The zero-order valence-electron chi connectivity index (χ0n) is 21.3. The van der Waals surface area contributed by atoms with Gasteiger partial charge in [-0.25, -0.2) is 0 Å². The molecule has 0 unspecified atom stereocenters. The molecule has 0 saturated carbocycles. The minimum absolute atomic E-state index is 0.141. The fourth-order valence-corrected chi connectivity index (χ4v) is 5.11. The molecule has 0 fully saturated rings. The summed E-state index contributed by atoms with van der Waals surface area (Å²) in [5.74, 6) is 0. The molecule has 2 rings (SSSR count). The van der Waals surface area contributed by atoms with Gasteiger partial charge in [-0.3, -0.25) is 0 Å². The van der Waals surface area contributed by atoms with Crippen LogP contribution in [-0.4, -0.2) is 0 Å². The monoisotopic (exact) mass is 406 g/mol. The predicted molar refractivity (Wildman–Crippen MR) is 136 cm³/mol. The molecule has 0 aromatic heterocycles. The molecule has 2 aromatic rings. The number of hydrogen-bond acceptors (Lipinski definition) is 0. The van der Waals surface area contributed by atoms with Crippen LogP contribution >= 0.6 is 0 Å². The van der Waals surface area contributed by atoms with E-state index in [1.54, 1.807) is 33.4 Å². The first kappa shape index (κ1) is 24.7. The third kappa shape index (κ3) is 5.77. The van der Waals surface area contributed by atoms with Crippen LogP contribution in [-0.2, 0) is 31.1 Å². The molecule has 0 heterocycles. The van der Waals surface area contributed by atoms with Crippen LogP contribution in [0.25, 0.3) is 11.1 Å². The van der Waals surface area contributed by atoms with Gasteiger partial charge < -0.3 is 0 Å². The molecule has 30 heavy (non-hydrogen) atoms. The molecular formula is C30H46. The minimum atomic E-state index is 0.141. The Morgan fingerprint density at radius 3 is 1.77 bits per heavy atom. The first-order chi connectivity index (χ1) is 14.0. The predicted octanol–water partition coefficient (Wildman–Crippen LogP) is 9.10. The summed E-state index contributed by atoms with van der Waals surface area (Å²) in [7, 11) is 0. The smallest absolute Gasteiger partial charge is 0.0114 e. The lowest BCUT2D eigenvalue weighted by atomic mass is 9.69. The van der Waals surface area contributed by atoms with Gasteiger partial charge in [-0.2, -0.15) is 0 Å². The normalized spacial score (nSPS) is 12.4. The average Bonchev–Trinajstić information content (AvgIpc) is 2.65. The Balaban J connectivity index is 3.06. The highest BCUT2D eigenvalue weighted by atomic mass is 14.3. The SMILES string of the molecule is CCCCc1c(CCC)c(CC)c(-c2ccccc2)c(CC(C)(C)C)c1C(C)(C)C. The van der Waals surface area contributed by atoms with E-state index in [-0.39, 0.29) is 10.8 Å². The summed E-state index contributed by atoms with van der Waals surface area (Å²) in [6.45, 7) is 21.5. The number of unbranched alkanes of at least 4 members (excludes halogenated alkanes) is 1. The topological polar surface area (TPSA) is 0 Å². The van der Waals surface area contributed by atoms with Crippen LogP contribution in [0.4, 0.5) is 0 Å². The van der Waals surface area contributed by atoms with Crippen LogP contribution in [0.2, 0.25) is 0 Å². The maximum Gasteiger partial charge on any atom is -0.0114 e. The second-order valence-electron chi connectivity index (χ2n) is 11.2. The Hall–Kier alpha value is -1.56. The molecule has 0 N–H and O–H groups in total. The van der Waals surface area contributed by atoms with Gasteiger partial charge in [-0.05, 0) is 81.9 Å². The van der Waals surface area contributed by atoms with E-state index < -0.39 is 0 Å². The van der Waals surface area contributed by atoms with Crippen LogP contribution in [0.15, 0.2) is 30.3 Å². The van der Waals surface area contributed by atoms with Crippen LogP contribution in [0, 0.1) is 5.41 Å². The molecule has 0 amide bonds. The quantitative estimate of drug-likeness (QED) is 0.410. The summed E-state index contributed by atoms with van der Waals surface area (Å²) in [6, 6.07) is 11.2. The van der Waals surface area contributed by atoms with E-state index in [2.05, 4.69) is 92.6 Å². The highest BCUT2D eigenvalue weighted by Gasteiger charge is 2.31. The fourth-order valence-electron chi connectivity index (χ4n) is 5.11. The van der Waals surface area contributed by atoms with Gasteiger partial charge in [0.05, 0.1) is 0 Å². The van der Waals surface area contributed by atoms with E-state index in [0.29, 0.717) is 0 Å². The van der Waals surface area contributed by atoms with Crippen LogP contribution in [0.1, 0.15) is 109 Å². The Morgan fingerprint density at radius 1 is 0.667 bits per heavy atom. The Morgan fingerprint density at radius 2 is 1.30 bits per heavy atom. The summed E-state index contributed by atoms with van der Waals surface area (Å²) in [5.41, 5.74) is 11.6. The van der Waals surface area contributed by atoms with Crippen molar-refractivity contribution in [2.24, 2.45) is 5.41 Å². The lowest BCUT2D eigenvalue weighted by Crippen LogP contribution is -2.24. The van der Waals surface area contributed by atoms with Crippen molar-refractivity contribution in [3.05, 3.63) is 58.1 Å². The van der Waals surface area contributed by atoms with Gasteiger partial charge in [0.2, 0.25) is 0 Å². The summed E-state index contributed by atoms with van der Waals surface area (Å²) < 4.78 is 0. The van der Waals surface area contributed by atoms with E-state index in [1.165, 1.54) is 37.7 Å². The van der Waals surface area contributed by atoms with E-state index in [1.807, 2.05) is 0 Å². The van der Waals surface area contributed by atoms with Crippen LogP contribution < -0.4 is 0 Å². The van der Waals surface area contributed by atoms with Gasteiger partial charge in [0.25, 0.3) is 0 Å². The van der Waals surface area contributed by atoms with E-state index >= 15 is 0 Å². The highest BCUT2D eigenvalue weighted by Crippen LogP contribution is 2.44. The largest absolute Gasteiger partial charge is 0.0654 e. The van der Waals surface area contributed by atoms with Crippen molar-refractivity contribution >= 4 is 0 Å². The van der Waals surface area contributed by atoms with Gasteiger partial charge in [-0.1, -0.05) is 105 Å². The Kier molecular flexibility index (Phi) is 8.37. The molecule has 2 aromatic carbocycles. The zero-order chi connectivity index (χ0) is 22.5. The first-order valence-electron chi connectivity index (χ1n) is 12.3. The molecule has 0 spiro atoms. The van der Waals surface area contributed by atoms with Gasteiger partial charge in [0.15, 0.2) is 0 Å². The van der Waals surface area contributed by atoms with Crippen molar-refractivity contribution in [3.8, 4) is 11.1 Å². The van der Waals surface area contributed by atoms with Crippen molar-refractivity contribution in [2.75, 3.05) is 0 Å². The third-order valence-corrected chi connectivity index (χ3v) is 6.09. The van der Waals surface area contributed by atoms with Crippen LogP contribution in [0.5, 0.6) is 0 Å². The van der Waals surface area contributed by atoms with Gasteiger partial charge in [0, 0.05) is 0 Å². The number of benzene rings is 2. The second-order valence-corrected chi connectivity index (χ2v) is 11.2. The molecule has 0 aliphatic carbocycles. The third-order valence-electron chi connectivity index (χ3n) is 6.09. The maximum atomic E-state index is 2.43. The van der Waals surface area contributed by atoms with Crippen molar-refractivity contribution < 1.29 is 0 Å². The molecule has 0 bridgehead atoms. The highest BCUT2D eigenvalue weighted by molar-refractivity contribution is 5.76. The standard InChI is InChI=1S/C30H46/c1-10-13-20-25-24(17-11-2)23(12-3)27(22-18-15-14-16-19-22)26(21-29(4,5)6)28(25)30(7,8)9/h14-16,18-19H,10-13,17,20-21H2,1-9H3. The Labute approximate surface area is 187 Å². The summed E-state index contributed by atoms with van der Waals surface area (Å²) in [6.07, 6.45) is 8.40. The van der Waals surface area contributed by atoms with Crippen molar-refractivity contribution in [1.82, 2.24) is 0 Å².